The molecular formula is C20H16F3N3O4. The van der Waals surface area contributed by atoms with Crippen molar-refractivity contribution in [1.29, 1.82) is 0 Å². The molecule has 30 heavy (non-hydrogen) atoms. The summed E-state index contributed by atoms with van der Waals surface area (Å²) in [4.78, 5) is 12.3. The Bertz CT molecular complexity index is 1050. The molecule has 3 aromatic rings. The van der Waals surface area contributed by atoms with Crippen LogP contribution in [0.1, 0.15) is 10.4 Å². The van der Waals surface area contributed by atoms with Crippen LogP contribution in [-0.2, 0) is 6.54 Å². The van der Waals surface area contributed by atoms with Gasteiger partial charge in [-0.05, 0) is 30.3 Å². The second kappa shape index (κ2) is 7.97. The fourth-order valence-corrected chi connectivity index (χ4v) is 2.93. The van der Waals surface area contributed by atoms with Gasteiger partial charge >= 0.3 is 6.36 Å². The number of carbonyl (C=O) groups is 1. The molecule has 4 rings (SSSR count). The van der Waals surface area contributed by atoms with Gasteiger partial charge in [0.1, 0.15) is 12.4 Å². The Labute approximate surface area is 169 Å². The Balaban J connectivity index is 1.37. The largest absolute Gasteiger partial charge is 0.573 e. The van der Waals surface area contributed by atoms with Crippen LogP contribution in [0.5, 0.6) is 17.2 Å². The molecule has 0 spiro atoms. The number of nitrogens with zero attached hydrogens (tertiary/aromatic N) is 2. The molecule has 1 aromatic heterocycles. The maximum atomic E-state index is 12.3. The lowest BCUT2D eigenvalue weighted by molar-refractivity contribution is -0.274. The van der Waals surface area contributed by atoms with E-state index in [0.717, 1.165) is 12.1 Å². The third-order valence-corrected chi connectivity index (χ3v) is 4.18. The fourth-order valence-electron chi connectivity index (χ4n) is 2.93. The van der Waals surface area contributed by atoms with Gasteiger partial charge in [-0.1, -0.05) is 18.2 Å². The zero-order valence-electron chi connectivity index (χ0n) is 15.4. The Morgan fingerprint density at radius 1 is 1.20 bits per heavy atom. The standard InChI is InChI=1S/C20H16F3N3O4/c21-20(22,23)30-15-5-3-4-13(8-15)19(27)25-14-9-24-26(10-14)11-16-12-28-17-6-1-2-7-18(17)29-16/h1-10,16H,11-12H2,(H,25,27). The summed E-state index contributed by atoms with van der Waals surface area (Å²) in [6, 6.07) is 12.2. The summed E-state index contributed by atoms with van der Waals surface area (Å²) in [6.45, 7) is 0.740. The molecule has 1 amide bonds. The molecule has 10 heteroatoms. The molecule has 2 aromatic carbocycles. The number of fused-ring (bicyclic) bond motifs is 1. The normalized spacial score (nSPS) is 15.5. The molecule has 2 heterocycles. The summed E-state index contributed by atoms with van der Waals surface area (Å²) >= 11 is 0. The van der Waals surface area contributed by atoms with Crippen molar-refractivity contribution in [1.82, 2.24) is 9.78 Å². The first-order valence-electron chi connectivity index (χ1n) is 8.94. The number of ether oxygens (including phenoxy) is 3. The monoisotopic (exact) mass is 419 g/mol. The first kappa shape index (κ1) is 19.6. The van der Waals surface area contributed by atoms with Crippen LogP contribution in [0.3, 0.4) is 0 Å². The molecule has 0 fully saturated rings. The van der Waals surface area contributed by atoms with Gasteiger partial charge in [0.25, 0.3) is 5.91 Å². The number of nitrogens with one attached hydrogen (secondary N) is 1. The van der Waals surface area contributed by atoms with Crippen molar-refractivity contribution in [2.45, 2.75) is 19.0 Å². The average Bonchev–Trinajstić information content (AvgIpc) is 3.13. The van der Waals surface area contributed by atoms with E-state index < -0.39 is 18.0 Å². The van der Waals surface area contributed by atoms with Crippen LogP contribution >= 0.6 is 0 Å². The van der Waals surface area contributed by atoms with E-state index in [2.05, 4.69) is 15.2 Å². The van der Waals surface area contributed by atoms with Gasteiger partial charge in [0, 0.05) is 11.8 Å². The van der Waals surface area contributed by atoms with E-state index in [-0.39, 0.29) is 11.7 Å². The highest BCUT2D eigenvalue weighted by atomic mass is 19.4. The van der Waals surface area contributed by atoms with Crippen molar-refractivity contribution in [3.63, 3.8) is 0 Å². The van der Waals surface area contributed by atoms with Crippen LogP contribution in [0.25, 0.3) is 0 Å². The topological polar surface area (TPSA) is 74.6 Å². The Morgan fingerprint density at radius 2 is 2.00 bits per heavy atom. The highest BCUT2D eigenvalue weighted by Gasteiger charge is 2.31. The second-order valence-corrected chi connectivity index (χ2v) is 6.48. The van der Waals surface area contributed by atoms with Crippen LogP contribution in [0.15, 0.2) is 60.9 Å². The third-order valence-electron chi connectivity index (χ3n) is 4.18. The summed E-state index contributed by atoms with van der Waals surface area (Å²) in [5, 5.41) is 6.76. The summed E-state index contributed by atoms with van der Waals surface area (Å²) in [6.07, 6.45) is -2.06. The highest BCUT2D eigenvalue weighted by Crippen LogP contribution is 2.31. The average molecular weight is 419 g/mol. The molecule has 0 radical (unpaired) electrons. The number of benzene rings is 2. The first-order chi connectivity index (χ1) is 14.4. The number of rotatable bonds is 5. The maximum Gasteiger partial charge on any atom is 0.573 e. The van der Waals surface area contributed by atoms with E-state index in [4.69, 9.17) is 9.47 Å². The Morgan fingerprint density at radius 3 is 2.80 bits per heavy atom. The van der Waals surface area contributed by atoms with Gasteiger partial charge < -0.3 is 19.5 Å². The van der Waals surface area contributed by atoms with E-state index in [9.17, 15) is 18.0 Å². The number of amides is 1. The number of halogens is 3. The minimum Gasteiger partial charge on any atom is -0.486 e. The summed E-state index contributed by atoms with van der Waals surface area (Å²) in [7, 11) is 0. The van der Waals surface area contributed by atoms with Gasteiger partial charge in [-0.2, -0.15) is 5.10 Å². The van der Waals surface area contributed by atoms with Gasteiger partial charge in [0.2, 0.25) is 0 Å². The Hall–Kier alpha value is -3.69. The smallest absolute Gasteiger partial charge is 0.486 e. The maximum absolute atomic E-state index is 12.3. The van der Waals surface area contributed by atoms with E-state index in [1.165, 1.54) is 18.3 Å². The SMILES string of the molecule is O=C(Nc1cnn(CC2COc3ccccc3O2)c1)c1cccc(OC(F)(F)F)c1. The fraction of sp³-hybridized carbons (Fsp3) is 0.200. The van der Waals surface area contributed by atoms with E-state index in [1.807, 2.05) is 24.3 Å². The minimum atomic E-state index is -4.83. The molecule has 0 saturated heterocycles. The number of aromatic nitrogens is 2. The molecule has 1 aliphatic rings. The van der Waals surface area contributed by atoms with E-state index >= 15 is 0 Å². The molecule has 0 saturated carbocycles. The van der Waals surface area contributed by atoms with Gasteiger partial charge in [-0.15, -0.1) is 13.2 Å². The zero-order chi connectivity index (χ0) is 21.1. The van der Waals surface area contributed by atoms with Crippen LogP contribution in [0.2, 0.25) is 0 Å². The number of hydrogen-bond donors (Lipinski definition) is 1. The molecule has 1 atom stereocenters. The highest BCUT2D eigenvalue weighted by molar-refractivity contribution is 6.04. The molecule has 1 aliphatic heterocycles. The molecular weight excluding hydrogens is 403 g/mol. The minimum absolute atomic E-state index is 0.0186. The molecule has 0 aliphatic carbocycles. The number of carbonyl (C=O) groups excluding carboxylic acids is 1. The Kier molecular flexibility index (Phi) is 5.21. The van der Waals surface area contributed by atoms with Crippen molar-refractivity contribution >= 4 is 11.6 Å². The van der Waals surface area contributed by atoms with Crippen molar-refractivity contribution in [2.75, 3.05) is 11.9 Å². The first-order valence-corrected chi connectivity index (χ1v) is 8.94. The van der Waals surface area contributed by atoms with Gasteiger partial charge in [0.15, 0.2) is 17.6 Å². The van der Waals surface area contributed by atoms with Crippen molar-refractivity contribution in [2.24, 2.45) is 0 Å². The summed E-state index contributed by atoms with van der Waals surface area (Å²) < 4.78 is 54.0. The lowest BCUT2D eigenvalue weighted by Crippen LogP contribution is -2.33. The molecule has 7 nitrogen and oxygen atoms in total. The second-order valence-electron chi connectivity index (χ2n) is 6.48. The van der Waals surface area contributed by atoms with E-state index in [0.29, 0.717) is 30.3 Å². The quantitative estimate of drug-likeness (QED) is 0.680. The zero-order valence-corrected chi connectivity index (χ0v) is 15.4. The lowest BCUT2D eigenvalue weighted by atomic mass is 10.2. The van der Waals surface area contributed by atoms with Gasteiger partial charge in [-0.25, -0.2) is 0 Å². The molecule has 0 bridgehead atoms. The molecule has 1 unspecified atom stereocenters. The molecule has 156 valence electrons. The van der Waals surface area contributed by atoms with Crippen molar-refractivity contribution < 1.29 is 32.2 Å². The molecule has 1 N–H and O–H groups in total. The van der Waals surface area contributed by atoms with Crippen molar-refractivity contribution in [3.05, 3.63) is 66.5 Å². The van der Waals surface area contributed by atoms with Crippen LogP contribution in [0.4, 0.5) is 18.9 Å². The number of alkyl halides is 3. The number of para-hydroxylation sites is 2. The predicted octanol–water partition coefficient (Wildman–Crippen LogP) is 3.87. The van der Waals surface area contributed by atoms with E-state index in [1.54, 1.807) is 10.9 Å². The van der Waals surface area contributed by atoms with Gasteiger partial charge in [0.05, 0.1) is 18.4 Å². The van der Waals surface area contributed by atoms with Crippen LogP contribution in [0, 0.1) is 0 Å². The van der Waals surface area contributed by atoms with Crippen LogP contribution in [-0.4, -0.2) is 34.8 Å². The third kappa shape index (κ3) is 4.83. The predicted molar refractivity (Wildman–Crippen MR) is 99.7 cm³/mol. The van der Waals surface area contributed by atoms with Crippen LogP contribution < -0.4 is 19.5 Å². The number of anilines is 1. The summed E-state index contributed by atoms with van der Waals surface area (Å²) in [5.74, 6) is 0.267. The number of hydrogen-bond acceptors (Lipinski definition) is 5. The van der Waals surface area contributed by atoms with Gasteiger partial charge in [-0.3, -0.25) is 9.48 Å². The lowest BCUT2D eigenvalue weighted by Gasteiger charge is -2.26. The van der Waals surface area contributed by atoms with Crippen molar-refractivity contribution in [3.8, 4) is 17.2 Å². The summed E-state index contributed by atoms with van der Waals surface area (Å²) in [5.41, 5.74) is 0.407.